The van der Waals surface area contributed by atoms with Crippen LogP contribution in [0.2, 0.25) is 0 Å². The minimum Gasteiger partial charge on any atom is -0.379 e. The number of hydrogen-bond donors (Lipinski definition) is 1. The van der Waals surface area contributed by atoms with Gasteiger partial charge in [-0.2, -0.15) is 0 Å². The fraction of sp³-hybridized carbons (Fsp3) is 0.632. The molecule has 1 atom stereocenters. The number of rotatable bonds is 5. The Morgan fingerprint density at radius 1 is 1.25 bits per heavy atom. The predicted molar refractivity (Wildman–Crippen MR) is 95.1 cm³/mol. The van der Waals surface area contributed by atoms with Gasteiger partial charge in [-0.1, -0.05) is 30.3 Å². The van der Waals surface area contributed by atoms with Crippen molar-refractivity contribution in [1.29, 1.82) is 0 Å². The highest BCUT2D eigenvalue weighted by molar-refractivity contribution is 5.75. The van der Waals surface area contributed by atoms with Crippen molar-refractivity contribution >= 4 is 6.03 Å². The molecule has 5 nitrogen and oxygen atoms in total. The second-order valence-corrected chi connectivity index (χ2v) is 6.97. The molecule has 1 aromatic rings. The second kappa shape index (κ2) is 8.49. The molecule has 0 spiro atoms. The lowest BCUT2D eigenvalue weighted by Crippen LogP contribution is -2.53. The summed E-state index contributed by atoms with van der Waals surface area (Å²) in [5.74, 6) is 0. The van der Waals surface area contributed by atoms with Gasteiger partial charge < -0.3 is 19.9 Å². The van der Waals surface area contributed by atoms with E-state index in [0.717, 1.165) is 51.9 Å². The molecule has 2 aliphatic heterocycles. The maximum absolute atomic E-state index is 12.8. The van der Waals surface area contributed by atoms with Gasteiger partial charge in [-0.25, -0.2) is 4.79 Å². The van der Waals surface area contributed by atoms with Crippen molar-refractivity contribution in [1.82, 2.24) is 15.1 Å². The molecule has 2 amide bonds. The van der Waals surface area contributed by atoms with Crippen LogP contribution in [0.3, 0.4) is 0 Å². The maximum atomic E-state index is 12.8. The lowest BCUT2D eigenvalue weighted by molar-refractivity contribution is 0.128. The van der Waals surface area contributed by atoms with Crippen LogP contribution in [0, 0.1) is 0 Å². The Balaban J connectivity index is 1.61. The molecule has 0 radical (unpaired) electrons. The summed E-state index contributed by atoms with van der Waals surface area (Å²) in [7, 11) is 2.15. The fourth-order valence-corrected chi connectivity index (χ4v) is 3.56. The van der Waals surface area contributed by atoms with Gasteiger partial charge in [0.25, 0.3) is 0 Å². The number of likely N-dealkylation sites (tertiary alicyclic amines) is 1. The Morgan fingerprint density at radius 2 is 2.00 bits per heavy atom. The standard InChI is InChI=1S/C19H29N3O2/c1-21-11-8-18(9-12-21)22(13-7-16-5-3-2-4-6-16)19(23)20-17-10-14-24-15-17/h2-6,17-18H,7-15H2,1H3,(H,20,23)/t17-/m1/s1. The number of carbonyl (C=O) groups excluding carboxylic acids is 1. The number of ether oxygens (including phenoxy) is 1. The average Bonchev–Trinajstić information content (AvgIpc) is 3.10. The number of benzene rings is 1. The molecule has 0 aromatic heterocycles. The Morgan fingerprint density at radius 3 is 2.67 bits per heavy atom. The summed E-state index contributed by atoms with van der Waals surface area (Å²) >= 11 is 0. The minimum absolute atomic E-state index is 0.0796. The maximum Gasteiger partial charge on any atom is 0.317 e. The molecule has 2 heterocycles. The number of urea groups is 1. The first-order chi connectivity index (χ1) is 11.7. The molecule has 24 heavy (non-hydrogen) atoms. The van der Waals surface area contributed by atoms with Crippen LogP contribution in [0.25, 0.3) is 0 Å². The molecule has 2 saturated heterocycles. The predicted octanol–water partition coefficient (Wildman–Crippen LogP) is 2.12. The summed E-state index contributed by atoms with van der Waals surface area (Å²) in [5, 5.41) is 3.17. The lowest BCUT2D eigenvalue weighted by Gasteiger charge is -2.37. The van der Waals surface area contributed by atoms with Crippen molar-refractivity contribution in [2.45, 2.75) is 37.8 Å². The lowest BCUT2D eigenvalue weighted by atomic mass is 10.0. The van der Waals surface area contributed by atoms with E-state index in [9.17, 15) is 4.79 Å². The van der Waals surface area contributed by atoms with Gasteiger partial charge in [0.1, 0.15) is 0 Å². The van der Waals surface area contributed by atoms with Crippen LogP contribution in [-0.2, 0) is 11.2 Å². The third-order valence-electron chi connectivity index (χ3n) is 5.13. The normalized spacial score (nSPS) is 22.5. The number of piperidine rings is 1. The third kappa shape index (κ3) is 4.71. The van der Waals surface area contributed by atoms with Crippen LogP contribution in [0.15, 0.2) is 30.3 Å². The Bertz CT molecular complexity index is 509. The van der Waals surface area contributed by atoms with Crippen LogP contribution in [0.5, 0.6) is 0 Å². The molecule has 2 fully saturated rings. The molecule has 0 aliphatic carbocycles. The van der Waals surface area contributed by atoms with Crippen molar-refractivity contribution in [2.75, 3.05) is 39.9 Å². The quantitative estimate of drug-likeness (QED) is 0.899. The molecule has 1 N–H and O–H groups in total. The van der Waals surface area contributed by atoms with Crippen molar-refractivity contribution in [3.8, 4) is 0 Å². The van der Waals surface area contributed by atoms with E-state index in [-0.39, 0.29) is 12.1 Å². The zero-order valence-electron chi connectivity index (χ0n) is 14.6. The Labute approximate surface area is 145 Å². The van der Waals surface area contributed by atoms with E-state index in [1.807, 2.05) is 6.07 Å². The summed E-state index contributed by atoms with van der Waals surface area (Å²) in [6.07, 6.45) is 3.94. The third-order valence-corrected chi connectivity index (χ3v) is 5.13. The molecule has 0 saturated carbocycles. The van der Waals surface area contributed by atoms with E-state index in [4.69, 9.17) is 4.74 Å². The van der Waals surface area contributed by atoms with Crippen LogP contribution in [0.4, 0.5) is 4.79 Å². The topological polar surface area (TPSA) is 44.8 Å². The van der Waals surface area contributed by atoms with Crippen molar-refractivity contribution in [3.05, 3.63) is 35.9 Å². The first-order valence-corrected chi connectivity index (χ1v) is 9.10. The van der Waals surface area contributed by atoms with Gasteiger partial charge in [-0.05, 0) is 51.4 Å². The molecule has 0 bridgehead atoms. The number of hydrogen-bond acceptors (Lipinski definition) is 3. The monoisotopic (exact) mass is 331 g/mol. The Hall–Kier alpha value is -1.59. The molecule has 2 aliphatic rings. The smallest absolute Gasteiger partial charge is 0.317 e. The van der Waals surface area contributed by atoms with Gasteiger partial charge >= 0.3 is 6.03 Å². The zero-order valence-corrected chi connectivity index (χ0v) is 14.6. The summed E-state index contributed by atoms with van der Waals surface area (Å²) in [6, 6.07) is 11.0. The number of nitrogens with zero attached hydrogens (tertiary/aromatic N) is 2. The molecule has 0 unspecified atom stereocenters. The largest absolute Gasteiger partial charge is 0.379 e. The van der Waals surface area contributed by atoms with Gasteiger partial charge in [-0.15, -0.1) is 0 Å². The fourth-order valence-electron chi connectivity index (χ4n) is 3.56. The highest BCUT2D eigenvalue weighted by atomic mass is 16.5. The van der Waals surface area contributed by atoms with E-state index < -0.39 is 0 Å². The van der Waals surface area contributed by atoms with E-state index in [1.165, 1.54) is 5.56 Å². The number of carbonyl (C=O) groups is 1. The summed E-state index contributed by atoms with van der Waals surface area (Å²) < 4.78 is 5.39. The van der Waals surface area contributed by atoms with Gasteiger partial charge in [0.2, 0.25) is 0 Å². The molecular weight excluding hydrogens is 302 g/mol. The van der Waals surface area contributed by atoms with Gasteiger partial charge in [0.15, 0.2) is 0 Å². The van der Waals surface area contributed by atoms with Crippen LogP contribution < -0.4 is 5.32 Å². The molecule has 5 heteroatoms. The highest BCUT2D eigenvalue weighted by Crippen LogP contribution is 2.17. The van der Waals surface area contributed by atoms with Crippen LogP contribution in [-0.4, -0.2) is 67.8 Å². The average molecular weight is 331 g/mol. The van der Waals surface area contributed by atoms with Crippen molar-refractivity contribution in [3.63, 3.8) is 0 Å². The summed E-state index contributed by atoms with van der Waals surface area (Å²) in [6.45, 7) is 4.30. The van der Waals surface area contributed by atoms with Crippen molar-refractivity contribution in [2.24, 2.45) is 0 Å². The number of nitrogens with one attached hydrogen (secondary N) is 1. The van der Waals surface area contributed by atoms with Crippen LogP contribution in [0.1, 0.15) is 24.8 Å². The zero-order chi connectivity index (χ0) is 16.8. The Kier molecular flexibility index (Phi) is 6.10. The molecular formula is C19H29N3O2. The van der Waals surface area contributed by atoms with E-state index in [0.29, 0.717) is 12.6 Å². The first kappa shape index (κ1) is 17.2. The molecule has 132 valence electrons. The van der Waals surface area contributed by atoms with E-state index in [2.05, 4.69) is 46.4 Å². The SMILES string of the molecule is CN1CCC(N(CCc2ccccc2)C(=O)N[C@@H]2CCOC2)CC1. The minimum atomic E-state index is 0.0796. The van der Waals surface area contributed by atoms with Gasteiger partial charge in [0.05, 0.1) is 12.6 Å². The summed E-state index contributed by atoms with van der Waals surface area (Å²) in [4.78, 5) is 17.3. The highest BCUT2D eigenvalue weighted by Gasteiger charge is 2.28. The van der Waals surface area contributed by atoms with Gasteiger partial charge in [0, 0.05) is 19.2 Å². The van der Waals surface area contributed by atoms with E-state index >= 15 is 0 Å². The first-order valence-electron chi connectivity index (χ1n) is 9.10. The van der Waals surface area contributed by atoms with Gasteiger partial charge in [-0.3, -0.25) is 0 Å². The summed E-state index contributed by atoms with van der Waals surface area (Å²) in [5.41, 5.74) is 1.28. The molecule has 1 aromatic carbocycles. The van der Waals surface area contributed by atoms with Crippen LogP contribution >= 0.6 is 0 Å². The number of amides is 2. The molecule has 3 rings (SSSR count). The second-order valence-electron chi connectivity index (χ2n) is 6.97. The van der Waals surface area contributed by atoms with Crippen molar-refractivity contribution < 1.29 is 9.53 Å². The van der Waals surface area contributed by atoms with E-state index in [1.54, 1.807) is 0 Å².